The Labute approximate surface area is 135 Å². The monoisotopic (exact) mass is 340 g/mol. The molecule has 23 heavy (non-hydrogen) atoms. The molecule has 0 aliphatic carbocycles. The number of hydrogen-bond acceptors (Lipinski definition) is 4. The topological polar surface area (TPSA) is 87.2 Å². The minimum Gasteiger partial charge on any atom is -0.496 e. The standard InChI is InChI=1S/C15H20N2O5S/c1-22-14-6-2-4-11-8-17(10-13(11)14)23(20,21)16-7-3-5-12(9-16)15(18)19/h2,4,6,12H,3,5,7-10H2,1H3,(H,18,19). The second kappa shape index (κ2) is 6.10. The Kier molecular flexibility index (Phi) is 4.31. The highest BCUT2D eigenvalue weighted by molar-refractivity contribution is 7.86. The number of fused-ring (bicyclic) bond motifs is 1. The van der Waals surface area contributed by atoms with Crippen molar-refractivity contribution in [2.24, 2.45) is 5.92 Å². The Balaban J connectivity index is 1.81. The molecular formula is C15H20N2O5S. The van der Waals surface area contributed by atoms with E-state index in [0.717, 1.165) is 11.1 Å². The molecule has 0 saturated carbocycles. The Hall–Kier alpha value is -1.64. The summed E-state index contributed by atoms with van der Waals surface area (Å²) in [6.45, 7) is 0.969. The average Bonchev–Trinajstić information content (AvgIpc) is 2.99. The number of hydrogen-bond donors (Lipinski definition) is 1. The summed E-state index contributed by atoms with van der Waals surface area (Å²) in [5.41, 5.74) is 1.81. The zero-order valence-electron chi connectivity index (χ0n) is 12.9. The Morgan fingerprint density at radius 3 is 2.78 bits per heavy atom. The summed E-state index contributed by atoms with van der Waals surface area (Å²) >= 11 is 0. The molecule has 1 unspecified atom stereocenters. The molecule has 1 saturated heterocycles. The van der Waals surface area contributed by atoms with Gasteiger partial charge in [0.05, 0.1) is 13.0 Å². The molecule has 0 amide bonds. The van der Waals surface area contributed by atoms with Crippen LogP contribution in [0.15, 0.2) is 18.2 Å². The fraction of sp³-hybridized carbons (Fsp3) is 0.533. The summed E-state index contributed by atoms with van der Waals surface area (Å²) in [4.78, 5) is 11.2. The van der Waals surface area contributed by atoms with E-state index < -0.39 is 22.1 Å². The van der Waals surface area contributed by atoms with Crippen LogP contribution < -0.4 is 4.74 Å². The molecule has 0 aromatic heterocycles. The summed E-state index contributed by atoms with van der Waals surface area (Å²) in [5, 5.41) is 9.15. The Morgan fingerprint density at radius 2 is 2.09 bits per heavy atom. The SMILES string of the molecule is COc1cccc2c1CN(S(=O)(=O)N1CCCC(C(=O)O)C1)C2. The van der Waals surface area contributed by atoms with Crippen molar-refractivity contribution in [3.05, 3.63) is 29.3 Å². The highest BCUT2D eigenvalue weighted by Gasteiger charge is 2.38. The fourth-order valence-corrected chi connectivity index (χ4v) is 4.88. The quantitative estimate of drug-likeness (QED) is 0.885. The number of methoxy groups -OCH3 is 1. The van der Waals surface area contributed by atoms with Gasteiger partial charge in [-0.05, 0) is 24.5 Å². The van der Waals surface area contributed by atoms with Gasteiger partial charge >= 0.3 is 5.97 Å². The van der Waals surface area contributed by atoms with Crippen molar-refractivity contribution in [1.82, 2.24) is 8.61 Å². The van der Waals surface area contributed by atoms with Gasteiger partial charge in [-0.1, -0.05) is 12.1 Å². The summed E-state index contributed by atoms with van der Waals surface area (Å²) in [7, 11) is -2.11. The summed E-state index contributed by atoms with van der Waals surface area (Å²) in [6, 6.07) is 5.55. The van der Waals surface area contributed by atoms with Crippen LogP contribution in [0.5, 0.6) is 5.75 Å². The minimum absolute atomic E-state index is 0.0433. The van der Waals surface area contributed by atoms with Gasteiger partial charge in [-0.2, -0.15) is 17.0 Å². The molecule has 0 radical (unpaired) electrons. The molecule has 2 heterocycles. The van der Waals surface area contributed by atoms with Gasteiger partial charge < -0.3 is 9.84 Å². The van der Waals surface area contributed by atoms with E-state index in [-0.39, 0.29) is 13.1 Å². The van der Waals surface area contributed by atoms with Crippen LogP contribution in [0, 0.1) is 5.92 Å². The zero-order valence-corrected chi connectivity index (χ0v) is 13.8. The summed E-state index contributed by atoms with van der Waals surface area (Å²) in [6.07, 6.45) is 1.09. The number of aliphatic carboxylic acids is 1. The molecule has 2 aliphatic rings. The molecule has 2 aliphatic heterocycles. The van der Waals surface area contributed by atoms with Gasteiger partial charge in [0, 0.05) is 31.7 Å². The predicted molar refractivity (Wildman–Crippen MR) is 83.1 cm³/mol. The maximum absolute atomic E-state index is 12.8. The Bertz CT molecular complexity index is 719. The van der Waals surface area contributed by atoms with E-state index in [1.54, 1.807) is 7.11 Å². The van der Waals surface area contributed by atoms with Crippen molar-refractivity contribution in [2.45, 2.75) is 25.9 Å². The lowest BCUT2D eigenvalue weighted by Crippen LogP contribution is -2.47. The third-order valence-corrected chi connectivity index (χ3v) is 6.41. The van der Waals surface area contributed by atoms with Crippen LogP contribution in [0.2, 0.25) is 0 Å². The fourth-order valence-electron chi connectivity index (χ4n) is 3.23. The maximum atomic E-state index is 12.8. The second-order valence-corrected chi connectivity index (χ2v) is 7.84. The van der Waals surface area contributed by atoms with Gasteiger partial charge in [-0.25, -0.2) is 0 Å². The van der Waals surface area contributed by atoms with Crippen LogP contribution in [0.1, 0.15) is 24.0 Å². The molecule has 1 aromatic carbocycles. The van der Waals surface area contributed by atoms with Crippen LogP contribution in [-0.4, -0.2) is 48.3 Å². The molecule has 0 spiro atoms. The van der Waals surface area contributed by atoms with Gasteiger partial charge in [0.2, 0.25) is 0 Å². The molecule has 1 fully saturated rings. The number of nitrogens with zero attached hydrogens (tertiary/aromatic N) is 2. The van der Waals surface area contributed by atoms with Crippen LogP contribution in [-0.2, 0) is 28.1 Å². The third-order valence-electron chi connectivity index (χ3n) is 4.52. The first kappa shape index (κ1) is 16.2. The minimum atomic E-state index is -3.67. The van der Waals surface area contributed by atoms with Crippen molar-refractivity contribution in [2.75, 3.05) is 20.2 Å². The molecule has 3 rings (SSSR count). The smallest absolute Gasteiger partial charge is 0.307 e. The van der Waals surface area contributed by atoms with E-state index in [9.17, 15) is 13.2 Å². The predicted octanol–water partition coefficient (Wildman–Crippen LogP) is 1.05. The van der Waals surface area contributed by atoms with Crippen LogP contribution >= 0.6 is 0 Å². The van der Waals surface area contributed by atoms with E-state index in [1.807, 2.05) is 18.2 Å². The number of piperidine rings is 1. The molecule has 126 valence electrons. The van der Waals surface area contributed by atoms with Crippen molar-refractivity contribution in [3.8, 4) is 5.75 Å². The first-order chi connectivity index (χ1) is 10.9. The molecule has 0 bridgehead atoms. The number of benzene rings is 1. The van der Waals surface area contributed by atoms with E-state index >= 15 is 0 Å². The van der Waals surface area contributed by atoms with Crippen LogP contribution in [0.4, 0.5) is 0 Å². The molecular weight excluding hydrogens is 320 g/mol. The maximum Gasteiger partial charge on any atom is 0.307 e. The zero-order chi connectivity index (χ0) is 16.6. The largest absolute Gasteiger partial charge is 0.496 e. The van der Waals surface area contributed by atoms with Crippen LogP contribution in [0.25, 0.3) is 0 Å². The molecule has 8 heteroatoms. The highest BCUT2D eigenvalue weighted by Crippen LogP contribution is 2.34. The number of carboxylic acid groups (broad SMARTS) is 1. The average molecular weight is 340 g/mol. The van der Waals surface area contributed by atoms with E-state index in [1.165, 1.54) is 8.61 Å². The van der Waals surface area contributed by atoms with Crippen molar-refractivity contribution in [3.63, 3.8) is 0 Å². The normalized spacial score (nSPS) is 22.7. The first-order valence-electron chi connectivity index (χ1n) is 7.56. The van der Waals surface area contributed by atoms with Crippen LogP contribution in [0.3, 0.4) is 0 Å². The van der Waals surface area contributed by atoms with E-state index in [4.69, 9.17) is 9.84 Å². The van der Waals surface area contributed by atoms with Gasteiger partial charge in [0.25, 0.3) is 10.2 Å². The number of carbonyl (C=O) groups is 1. The first-order valence-corrected chi connectivity index (χ1v) is 8.96. The third kappa shape index (κ3) is 2.93. The van der Waals surface area contributed by atoms with Gasteiger partial charge in [0.15, 0.2) is 0 Å². The molecule has 1 N–H and O–H groups in total. The van der Waals surface area contributed by atoms with E-state index in [0.29, 0.717) is 31.7 Å². The van der Waals surface area contributed by atoms with Gasteiger partial charge in [-0.15, -0.1) is 0 Å². The lowest BCUT2D eigenvalue weighted by atomic mass is 10.0. The highest BCUT2D eigenvalue weighted by atomic mass is 32.2. The van der Waals surface area contributed by atoms with E-state index in [2.05, 4.69) is 0 Å². The number of rotatable bonds is 4. The van der Waals surface area contributed by atoms with Gasteiger partial charge in [-0.3, -0.25) is 4.79 Å². The summed E-state index contributed by atoms with van der Waals surface area (Å²) < 4.78 is 33.7. The number of carboxylic acids is 1. The lowest BCUT2D eigenvalue weighted by Gasteiger charge is -2.32. The van der Waals surface area contributed by atoms with Gasteiger partial charge in [0.1, 0.15) is 5.75 Å². The van der Waals surface area contributed by atoms with Crippen molar-refractivity contribution in [1.29, 1.82) is 0 Å². The second-order valence-electron chi connectivity index (χ2n) is 5.91. The molecule has 7 nitrogen and oxygen atoms in total. The Morgan fingerprint density at radius 1 is 1.30 bits per heavy atom. The number of ether oxygens (including phenoxy) is 1. The molecule has 1 aromatic rings. The van der Waals surface area contributed by atoms with Crippen molar-refractivity contribution < 1.29 is 23.1 Å². The summed E-state index contributed by atoms with van der Waals surface area (Å²) in [5.74, 6) is -0.878. The molecule has 1 atom stereocenters. The van der Waals surface area contributed by atoms with Crippen molar-refractivity contribution >= 4 is 16.2 Å². The lowest BCUT2D eigenvalue weighted by molar-refractivity contribution is -0.142.